The van der Waals surface area contributed by atoms with E-state index in [0.29, 0.717) is 18.2 Å². The highest BCUT2D eigenvalue weighted by Crippen LogP contribution is 2.39. The van der Waals surface area contributed by atoms with Gasteiger partial charge in [0.25, 0.3) is 5.69 Å². The maximum atomic E-state index is 12.1. The first-order chi connectivity index (χ1) is 11.4. The number of anilines is 1. The zero-order valence-electron chi connectivity index (χ0n) is 14.1. The molecular formula is C17H23ClN2O4. The summed E-state index contributed by atoms with van der Waals surface area (Å²) in [5.74, 6) is 0.0270. The molecule has 0 amide bonds. The van der Waals surface area contributed by atoms with Crippen molar-refractivity contribution in [1.29, 1.82) is 0 Å². The van der Waals surface area contributed by atoms with Crippen LogP contribution in [0.25, 0.3) is 0 Å². The molecule has 1 aromatic carbocycles. The second-order valence-electron chi connectivity index (χ2n) is 6.24. The standard InChI is InChI=1S/C17H23ClN2O4/c1-3-4-9-24-17(21)13-10-14(18)16(15(11-13)20(22)23)19-7-5-12(2)6-8-19/h10-12H,3-9H2,1-2H3. The Hall–Kier alpha value is -1.82. The van der Waals surface area contributed by atoms with Crippen molar-refractivity contribution in [3.05, 3.63) is 32.8 Å². The smallest absolute Gasteiger partial charge is 0.338 e. The number of nitro benzene ring substituents is 1. The van der Waals surface area contributed by atoms with Gasteiger partial charge in [-0.2, -0.15) is 0 Å². The normalized spacial score (nSPS) is 15.4. The van der Waals surface area contributed by atoms with E-state index in [1.807, 2.05) is 11.8 Å². The number of carbonyl (C=O) groups excluding carboxylic acids is 1. The predicted octanol–water partition coefficient (Wildman–Crippen LogP) is 4.44. The topological polar surface area (TPSA) is 72.7 Å². The molecule has 0 radical (unpaired) electrons. The molecule has 132 valence electrons. The fraction of sp³-hybridized carbons (Fsp3) is 0.588. The van der Waals surface area contributed by atoms with Gasteiger partial charge in [-0.05, 0) is 31.2 Å². The van der Waals surface area contributed by atoms with Crippen LogP contribution in [0, 0.1) is 16.0 Å². The summed E-state index contributed by atoms with van der Waals surface area (Å²) in [6, 6.07) is 2.74. The second-order valence-corrected chi connectivity index (χ2v) is 6.65. The van der Waals surface area contributed by atoms with Gasteiger partial charge in [0.1, 0.15) is 5.69 Å². The highest BCUT2D eigenvalue weighted by atomic mass is 35.5. The SMILES string of the molecule is CCCCOC(=O)c1cc(Cl)c(N2CCC(C)CC2)c([N+](=O)[O-])c1. The monoisotopic (exact) mass is 354 g/mol. The van der Waals surface area contributed by atoms with Crippen molar-refractivity contribution in [2.24, 2.45) is 5.92 Å². The molecular weight excluding hydrogens is 332 g/mol. The number of benzene rings is 1. The van der Waals surface area contributed by atoms with Gasteiger partial charge in [0.05, 0.1) is 22.1 Å². The molecule has 7 heteroatoms. The van der Waals surface area contributed by atoms with Crippen LogP contribution in [-0.2, 0) is 4.74 Å². The van der Waals surface area contributed by atoms with Crippen molar-refractivity contribution in [2.75, 3.05) is 24.6 Å². The number of halogens is 1. The van der Waals surface area contributed by atoms with Gasteiger partial charge >= 0.3 is 5.97 Å². The number of ether oxygens (including phenoxy) is 1. The number of unbranched alkanes of at least 4 members (excludes halogenated alkanes) is 1. The minimum Gasteiger partial charge on any atom is -0.462 e. The summed E-state index contributed by atoms with van der Waals surface area (Å²) >= 11 is 6.30. The molecule has 0 aliphatic carbocycles. The molecule has 0 unspecified atom stereocenters. The lowest BCUT2D eigenvalue weighted by atomic mass is 9.98. The average Bonchev–Trinajstić information content (AvgIpc) is 2.55. The van der Waals surface area contributed by atoms with E-state index >= 15 is 0 Å². The first-order valence-electron chi connectivity index (χ1n) is 8.34. The van der Waals surface area contributed by atoms with Gasteiger partial charge in [-0.1, -0.05) is 31.9 Å². The molecule has 0 spiro atoms. The summed E-state index contributed by atoms with van der Waals surface area (Å²) in [7, 11) is 0. The number of rotatable bonds is 6. The Morgan fingerprint density at radius 3 is 2.67 bits per heavy atom. The molecule has 0 saturated carbocycles. The Morgan fingerprint density at radius 1 is 1.42 bits per heavy atom. The van der Waals surface area contributed by atoms with Crippen LogP contribution >= 0.6 is 11.6 Å². The number of carbonyl (C=O) groups is 1. The summed E-state index contributed by atoms with van der Waals surface area (Å²) < 4.78 is 5.12. The number of nitro groups is 1. The van der Waals surface area contributed by atoms with Gasteiger partial charge in [-0.15, -0.1) is 0 Å². The molecule has 0 N–H and O–H groups in total. The predicted molar refractivity (Wildman–Crippen MR) is 93.9 cm³/mol. The number of hydrogen-bond acceptors (Lipinski definition) is 5. The molecule has 6 nitrogen and oxygen atoms in total. The van der Waals surface area contributed by atoms with Crippen molar-refractivity contribution in [3.63, 3.8) is 0 Å². The van der Waals surface area contributed by atoms with E-state index in [9.17, 15) is 14.9 Å². The Balaban J connectivity index is 2.29. The Labute approximate surface area is 146 Å². The van der Waals surface area contributed by atoms with Crippen LogP contribution in [0.15, 0.2) is 12.1 Å². The molecule has 1 aliphatic heterocycles. The summed E-state index contributed by atoms with van der Waals surface area (Å²) in [6.45, 7) is 5.91. The quantitative estimate of drug-likeness (QED) is 0.327. The van der Waals surface area contributed by atoms with E-state index in [1.54, 1.807) is 0 Å². The molecule has 0 bridgehead atoms. The first kappa shape index (κ1) is 18.5. The van der Waals surface area contributed by atoms with Gasteiger partial charge in [0, 0.05) is 19.2 Å². The Bertz CT molecular complexity index is 613. The fourth-order valence-corrected chi connectivity index (χ4v) is 3.11. The van der Waals surface area contributed by atoms with Gasteiger partial charge in [-0.3, -0.25) is 10.1 Å². The molecule has 2 rings (SSSR count). The maximum Gasteiger partial charge on any atom is 0.338 e. The van der Waals surface area contributed by atoms with E-state index in [0.717, 1.165) is 38.8 Å². The van der Waals surface area contributed by atoms with E-state index in [1.165, 1.54) is 12.1 Å². The highest BCUT2D eigenvalue weighted by Gasteiger charge is 2.28. The van der Waals surface area contributed by atoms with Crippen LogP contribution in [0.4, 0.5) is 11.4 Å². The van der Waals surface area contributed by atoms with Crippen molar-refractivity contribution in [1.82, 2.24) is 0 Å². The van der Waals surface area contributed by atoms with Gasteiger partial charge in [0.2, 0.25) is 0 Å². The Morgan fingerprint density at radius 2 is 2.08 bits per heavy atom. The number of esters is 1. The molecule has 0 aromatic heterocycles. The molecule has 1 fully saturated rings. The Kier molecular flexibility index (Phi) is 6.43. The summed E-state index contributed by atoms with van der Waals surface area (Å²) in [5, 5.41) is 11.7. The number of nitrogens with zero attached hydrogens (tertiary/aromatic N) is 2. The van der Waals surface area contributed by atoms with E-state index in [2.05, 4.69) is 6.92 Å². The summed E-state index contributed by atoms with van der Waals surface area (Å²) in [4.78, 5) is 25.0. The van der Waals surface area contributed by atoms with Crippen LogP contribution in [0.3, 0.4) is 0 Å². The zero-order valence-corrected chi connectivity index (χ0v) is 14.8. The first-order valence-corrected chi connectivity index (χ1v) is 8.71. The number of piperidine rings is 1. The van der Waals surface area contributed by atoms with Crippen LogP contribution in [-0.4, -0.2) is 30.6 Å². The molecule has 1 aliphatic rings. The zero-order chi connectivity index (χ0) is 17.7. The summed E-state index contributed by atoms with van der Waals surface area (Å²) in [6.07, 6.45) is 3.59. The van der Waals surface area contributed by atoms with Crippen LogP contribution < -0.4 is 4.90 Å². The largest absolute Gasteiger partial charge is 0.462 e. The molecule has 1 heterocycles. The van der Waals surface area contributed by atoms with Crippen molar-refractivity contribution in [3.8, 4) is 0 Å². The number of hydrogen-bond donors (Lipinski definition) is 0. The van der Waals surface area contributed by atoms with Crippen molar-refractivity contribution in [2.45, 2.75) is 39.5 Å². The van der Waals surface area contributed by atoms with E-state index in [4.69, 9.17) is 16.3 Å². The third-order valence-corrected chi connectivity index (χ3v) is 4.59. The molecule has 1 aromatic rings. The van der Waals surface area contributed by atoms with E-state index < -0.39 is 10.9 Å². The minimum atomic E-state index is -0.577. The van der Waals surface area contributed by atoms with Crippen LogP contribution in [0.1, 0.15) is 49.9 Å². The molecule has 1 saturated heterocycles. The van der Waals surface area contributed by atoms with Gasteiger partial charge < -0.3 is 9.64 Å². The lowest BCUT2D eigenvalue weighted by molar-refractivity contribution is -0.384. The minimum absolute atomic E-state index is 0.122. The lowest BCUT2D eigenvalue weighted by Gasteiger charge is -2.32. The second kappa shape index (κ2) is 8.33. The van der Waals surface area contributed by atoms with Crippen molar-refractivity contribution < 1.29 is 14.5 Å². The average molecular weight is 355 g/mol. The fourth-order valence-electron chi connectivity index (χ4n) is 2.78. The maximum absolute atomic E-state index is 12.1. The van der Waals surface area contributed by atoms with E-state index in [-0.39, 0.29) is 16.3 Å². The third kappa shape index (κ3) is 4.38. The highest BCUT2D eigenvalue weighted by molar-refractivity contribution is 6.34. The third-order valence-electron chi connectivity index (χ3n) is 4.31. The van der Waals surface area contributed by atoms with Crippen LogP contribution in [0.2, 0.25) is 5.02 Å². The summed E-state index contributed by atoms with van der Waals surface area (Å²) in [5.41, 5.74) is 0.384. The van der Waals surface area contributed by atoms with Gasteiger partial charge in [-0.25, -0.2) is 4.79 Å². The van der Waals surface area contributed by atoms with Crippen LogP contribution in [0.5, 0.6) is 0 Å². The van der Waals surface area contributed by atoms with Crippen molar-refractivity contribution >= 4 is 28.9 Å². The lowest BCUT2D eigenvalue weighted by Crippen LogP contribution is -2.33. The molecule has 0 atom stereocenters. The van der Waals surface area contributed by atoms with Gasteiger partial charge in [0.15, 0.2) is 0 Å². The molecule has 24 heavy (non-hydrogen) atoms.